The van der Waals surface area contributed by atoms with Gasteiger partial charge < -0.3 is 10.4 Å². The number of carbonyl (C=O) groups excluding carboxylic acids is 1. The third kappa shape index (κ3) is 3.78. The fourth-order valence-electron chi connectivity index (χ4n) is 1.70. The van der Waals surface area contributed by atoms with E-state index in [1.165, 1.54) is 0 Å². The molecule has 0 spiro atoms. The van der Waals surface area contributed by atoms with Crippen LogP contribution in [0.3, 0.4) is 0 Å². The van der Waals surface area contributed by atoms with Gasteiger partial charge in [-0.1, -0.05) is 18.2 Å². The van der Waals surface area contributed by atoms with E-state index in [9.17, 15) is 14.4 Å². The number of carbonyl (C=O) groups is 2. The SMILES string of the molecule is O=C(O)CCCNC(=O)c1nn(-c2ccccc2)c(=O)[nH]1. The van der Waals surface area contributed by atoms with Crippen molar-refractivity contribution in [2.75, 3.05) is 6.54 Å². The molecular weight excluding hydrogens is 276 g/mol. The Morgan fingerprint density at radius 3 is 2.67 bits per heavy atom. The van der Waals surface area contributed by atoms with Crippen LogP contribution in [0.1, 0.15) is 23.5 Å². The van der Waals surface area contributed by atoms with Gasteiger partial charge in [0.15, 0.2) is 0 Å². The minimum Gasteiger partial charge on any atom is -0.481 e. The van der Waals surface area contributed by atoms with Crippen LogP contribution in [0.4, 0.5) is 0 Å². The molecule has 110 valence electrons. The summed E-state index contributed by atoms with van der Waals surface area (Å²) in [6, 6.07) is 8.69. The molecule has 3 N–H and O–H groups in total. The summed E-state index contributed by atoms with van der Waals surface area (Å²) in [5.74, 6) is -1.59. The second-order valence-corrected chi connectivity index (χ2v) is 4.28. The highest BCUT2D eigenvalue weighted by molar-refractivity contribution is 5.90. The lowest BCUT2D eigenvalue weighted by Gasteiger charge is -2.00. The third-order valence-corrected chi connectivity index (χ3v) is 2.69. The van der Waals surface area contributed by atoms with E-state index in [1.807, 2.05) is 0 Å². The van der Waals surface area contributed by atoms with Gasteiger partial charge in [0.05, 0.1) is 5.69 Å². The Balaban J connectivity index is 2.03. The molecule has 0 saturated carbocycles. The van der Waals surface area contributed by atoms with E-state index in [1.54, 1.807) is 30.3 Å². The molecule has 0 fully saturated rings. The molecule has 1 heterocycles. The average molecular weight is 290 g/mol. The number of H-pyrrole nitrogens is 1. The van der Waals surface area contributed by atoms with Crippen LogP contribution in [0.5, 0.6) is 0 Å². The molecule has 2 rings (SSSR count). The number of nitrogens with zero attached hydrogens (tertiary/aromatic N) is 2. The summed E-state index contributed by atoms with van der Waals surface area (Å²) >= 11 is 0. The van der Waals surface area contributed by atoms with Gasteiger partial charge in [0.1, 0.15) is 0 Å². The zero-order valence-electron chi connectivity index (χ0n) is 11.1. The van der Waals surface area contributed by atoms with E-state index in [0.29, 0.717) is 12.1 Å². The molecule has 0 unspecified atom stereocenters. The molecule has 0 saturated heterocycles. The number of aromatic nitrogens is 3. The molecular formula is C13H14N4O4. The highest BCUT2D eigenvalue weighted by Crippen LogP contribution is 2.01. The van der Waals surface area contributed by atoms with E-state index in [-0.39, 0.29) is 18.8 Å². The van der Waals surface area contributed by atoms with E-state index < -0.39 is 17.6 Å². The number of aromatic amines is 1. The van der Waals surface area contributed by atoms with Crippen LogP contribution in [0, 0.1) is 0 Å². The van der Waals surface area contributed by atoms with Crippen LogP contribution >= 0.6 is 0 Å². The van der Waals surface area contributed by atoms with Gasteiger partial charge in [0, 0.05) is 13.0 Å². The minimum atomic E-state index is -0.925. The first kappa shape index (κ1) is 14.5. The van der Waals surface area contributed by atoms with E-state index in [0.717, 1.165) is 4.68 Å². The molecule has 2 aromatic rings. The Morgan fingerprint density at radius 2 is 2.00 bits per heavy atom. The van der Waals surface area contributed by atoms with Crippen LogP contribution in [0.25, 0.3) is 5.69 Å². The Bertz CT molecular complexity index is 690. The highest BCUT2D eigenvalue weighted by atomic mass is 16.4. The number of para-hydroxylation sites is 1. The number of carboxylic acid groups (broad SMARTS) is 1. The standard InChI is InChI=1S/C13H14N4O4/c18-10(19)7-4-8-14-12(20)11-15-13(21)17(16-11)9-5-2-1-3-6-9/h1-3,5-6H,4,7-8H2,(H,14,20)(H,18,19)(H,15,16,21). The Morgan fingerprint density at radius 1 is 1.29 bits per heavy atom. The largest absolute Gasteiger partial charge is 0.481 e. The summed E-state index contributed by atoms with van der Waals surface area (Å²) in [6.07, 6.45) is 0.278. The second kappa shape index (κ2) is 6.51. The van der Waals surface area contributed by atoms with Crippen LogP contribution < -0.4 is 11.0 Å². The monoisotopic (exact) mass is 290 g/mol. The lowest BCUT2D eigenvalue weighted by atomic mass is 10.3. The van der Waals surface area contributed by atoms with Gasteiger partial charge in [0.2, 0.25) is 5.82 Å². The molecule has 0 aliphatic heterocycles. The number of hydrogen-bond acceptors (Lipinski definition) is 4. The summed E-state index contributed by atoms with van der Waals surface area (Å²) in [5.41, 5.74) is 0.0283. The number of carboxylic acids is 1. The summed E-state index contributed by atoms with van der Waals surface area (Å²) in [6.45, 7) is 0.200. The predicted octanol–water partition coefficient (Wildman–Crippen LogP) is 0.155. The zero-order valence-corrected chi connectivity index (χ0v) is 11.1. The fraction of sp³-hybridized carbons (Fsp3) is 0.231. The van der Waals surface area contributed by atoms with Crippen LogP contribution in [0.15, 0.2) is 35.1 Å². The van der Waals surface area contributed by atoms with Crippen molar-refractivity contribution in [1.82, 2.24) is 20.1 Å². The first-order valence-electron chi connectivity index (χ1n) is 6.32. The van der Waals surface area contributed by atoms with Gasteiger partial charge in [0.25, 0.3) is 5.91 Å². The Labute approximate surface area is 119 Å². The maximum absolute atomic E-state index is 11.8. The number of nitrogens with one attached hydrogen (secondary N) is 2. The second-order valence-electron chi connectivity index (χ2n) is 4.28. The lowest BCUT2D eigenvalue weighted by Crippen LogP contribution is -2.26. The molecule has 8 heteroatoms. The molecule has 0 radical (unpaired) electrons. The number of rotatable bonds is 6. The summed E-state index contributed by atoms with van der Waals surface area (Å²) in [7, 11) is 0. The molecule has 0 bridgehead atoms. The number of amides is 1. The van der Waals surface area contributed by atoms with Crippen molar-refractivity contribution in [3.05, 3.63) is 46.6 Å². The lowest BCUT2D eigenvalue weighted by molar-refractivity contribution is -0.137. The maximum atomic E-state index is 11.8. The van der Waals surface area contributed by atoms with Crippen molar-refractivity contribution in [1.29, 1.82) is 0 Å². The molecule has 1 aromatic heterocycles. The van der Waals surface area contributed by atoms with Gasteiger partial charge in [-0.2, -0.15) is 4.68 Å². The first-order chi connectivity index (χ1) is 10.1. The number of aliphatic carboxylic acids is 1. The van der Waals surface area contributed by atoms with Crippen LogP contribution in [0.2, 0.25) is 0 Å². The number of benzene rings is 1. The van der Waals surface area contributed by atoms with Gasteiger partial charge >= 0.3 is 11.7 Å². The van der Waals surface area contributed by atoms with Gasteiger partial charge in [-0.15, -0.1) is 5.10 Å². The normalized spacial score (nSPS) is 10.3. The maximum Gasteiger partial charge on any atom is 0.348 e. The molecule has 1 aromatic carbocycles. The smallest absolute Gasteiger partial charge is 0.348 e. The summed E-state index contributed by atoms with van der Waals surface area (Å²) < 4.78 is 1.09. The molecule has 1 amide bonds. The van der Waals surface area contributed by atoms with Crippen molar-refractivity contribution in [3.63, 3.8) is 0 Å². The topological polar surface area (TPSA) is 117 Å². The van der Waals surface area contributed by atoms with Crippen molar-refractivity contribution in [3.8, 4) is 5.69 Å². The highest BCUT2D eigenvalue weighted by Gasteiger charge is 2.13. The van der Waals surface area contributed by atoms with Gasteiger partial charge in [-0.05, 0) is 18.6 Å². The van der Waals surface area contributed by atoms with E-state index >= 15 is 0 Å². The number of hydrogen-bond donors (Lipinski definition) is 3. The molecule has 21 heavy (non-hydrogen) atoms. The van der Waals surface area contributed by atoms with Crippen molar-refractivity contribution in [2.24, 2.45) is 0 Å². The van der Waals surface area contributed by atoms with Gasteiger partial charge in [-0.3, -0.25) is 14.6 Å². The minimum absolute atomic E-state index is 0.0325. The van der Waals surface area contributed by atoms with Crippen molar-refractivity contribution < 1.29 is 14.7 Å². The van der Waals surface area contributed by atoms with Crippen molar-refractivity contribution in [2.45, 2.75) is 12.8 Å². The van der Waals surface area contributed by atoms with Crippen LogP contribution in [-0.4, -0.2) is 38.3 Å². The summed E-state index contributed by atoms with van der Waals surface area (Å²) in [4.78, 5) is 36.2. The quantitative estimate of drug-likeness (QED) is 0.655. The first-order valence-corrected chi connectivity index (χ1v) is 6.32. The Hall–Kier alpha value is -2.90. The fourth-order valence-corrected chi connectivity index (χ4v) is 1.70. The zero-order chi connectivity index (χ0) is 15.2. The molecule has 8 nitrogen and oxygen atoms in total. The predicted molar refractivity (Wildman–Crippen MR) is 73.4 cm³/mol. The van der Waals surface area contributed by atoms with Crippen LogP contribution in [-0.2, 0) is 4.79 Å². The Kier molecular flexibility index (Phi) is 4.50. The molecule has 0 atom stereocenters. The van der Waals surface area contributed by atoms with Gasteiger partial charge in [-0.25, -0.2) is 4.79 Å². The molecule has 0 aliphatic rings. The van der Waals surface area contributed by atoms with Crippen molar-refractivity contribution >= 4 is 11.9 Å². The van der Waals surface area contributed by atoms with E-state index in [2.05, 4.69) is 15.4 Å². The van der Waals surface area contributed by atoms with E-state index in [4.69, 9.17) is 5.11 Å². The molecule has 0 aliphatic carbocycles. The average Bonchev–Trinajstić information content (AvgIpc) is 2.86. The third-order valence-electron chi connectivity index (χ3n) is 2.69. The summed E-state index contributed by atoms with van der Waals surface area (Å²) in [5, 5.41) is 14.9.